The summed E-state index contributed by atoms with van der Waals surface area (Å²) in [7, 11) is 0. The monoisotopic (exact) mass is 430 g/mol. The molecule has 1 aliphatic carbocycles. The van der Waals surface area contributed by atoms with Gasteiger partial charge >= 0.3 is 11.9 Å². The van der Waals surface area contributed by atoms with E-state index < -0.39 is 24.1 Å². The molecular formula is C27H26O5. The maximum atomic E-state index is 12.9. The maximum Gasteiger partial charge on any atom is 0.338 e. The summed E-state index contributed by atoms with van der Waals surface area (Å²) in [5.74, 6) is -0.515. The SMILES string of the molecule is C/C=C\C1=C(C)CC2C1C1OC2[C@@H](OC(=O)c2ccccc2)C1OC(=O)c1ccccc1. The van der Waals surface area contributed by atoms with E-state index in [1.165, 1.54) is 11.1 Å². The number of allylic oxidation sites excluding steroid dienone is 3. The molecule has 5 unspecified atom stereocenters. The fourth-order valence-corrected chi connectivity index (χ4v) is 5.43. The van der Waals surface area contributed by atoms with Crippen molar-refractivity contribution >= 4 is 11.9 Å². The van der Waals surface area contributed by atoms with Gasteiger partial charge in [0.1, 0.15) is 12.2 Å². The van der Waals surface area contributed by atoms with Crippen molar-refractivity contribution in [2.75, 3.05) is 0 Å². The van der Waals surface area contributed by atoms with Crippen LogP contribution in [0.15, 0.2) is 84.0 Å². The molecule has 2 heterocycles. The Morgan fingerprint density at radius 1 is 0.875 bits per heavy atom. The molecule has 2 aromatic rings. The van der Waals surface area contributed by atoms with Crippen LogP contribution >= 0.6 is 0 Å². The summed E-state index contributed by atoms with van der Waals surface area (Å²) >= 11 is 0. The Hall–Kier alpha value is -3.18. The summed E-state index contributed by atoms with van der Waals surface area (Å²) in [6, 6.07) is 17.8. The highest BCUT2D eigenvalue weighted by molar-refractivity contribution is 5.90. The van der Waals surface area contributed by atoms with Gasteiger partial charge in [-0.05, 0) is 50.1 Å². The predicted octanol–water partition coefficient (Wildman–Crippen LogP) is 4.75. The van der Waals surface area contributed by atoms with Gasteiger partial charge in [0, 0.05) is 11.8 Å². The lowest BCUT2D eigenvalue weighted by atomic mass is 9.75. The van der Waals surface area contributed by atoms with Gasteiger partial charge in [0.25, 0.3) is 0 Å². The van der Waals surface area contributed by atoms with Crippen molar-refractivity contribution in [2.45, 2.75) is 44.7 Å². The number of carbonyl (C=O) groups excluding carboxylic acids is 2. The van der Waals surface area contributed by atoms with E-state index >= 15 is 0 Å². The summed E-state index contributed by atoms with van der Waals surface area (Å²) in [6.45, 7) is 4.14. The zero-order valence-corrected chi connectivity index (χ0v) is 18.1. The van der Waals surface area contributed by atoms with Crippen LogP contribution in [0.2, 0.25) is 0 Å². The van der Waals surface area contributed by atoms with Gasteiger partial charge in [-0.2, -0.15) is 0 Å². The minimum absolute atomic E-state index is 0.136. The van der Waals surface area contributed by atoms with Gasteiger partial charge in [0.05, 0.1) is 11.1 Å². The second kappa shape index (κ2) is 8.40. The van der Waals surface area contributed by atoms with Crippen LogP contribution in [0.1, 0.15) is 41.0 Å². The summed E-state index contributed by atoms with van der Waals surface area (Å²) in [5.41, 5.74) is 3.50. The summed E-state index contributed by atoms with van der Waals surface area (Å²) in [6.07, 6.45) is 3.12. The van der Waals surface area contributed by atoms with Crippen molar-refractivity contribution < 1.29 is 23.8 Å². The third-order valence-electron chi connectivity index (χ3n) is 6.77. The van der Waals surface area contributed by atoms with E-state index in [1.807, 2.05) is 25.1 Å². The zero-order valence-electron chi connectivity index (χ0n) is 18.1. The molecule has 32 heavy (non-hydrogen) atoms. The lowest BCUT2D eigenvalue weighted by Crippen LogP contribution is -2.50. The van der Waals surface area contributed by atoms with Crippen molar-refractivity contribution in [3.8, 4) is 0 Å². The zero-order chi connectivity index (χ0) is 22.2. The molecule has 2 aromatic carbocycles. The summed E-state index contributed by atoms with van der Waals surface area (Å²) in [4.78, 5) is 25.8. The van der Waals surface area contributed by atoms with E-state index in [0.29, 0.717) is 11.1 Å². The first-order valence-electron chi connectivity index (χ1n) is 11.1. The third-order valence-corrected chi connectivity index (χ3v) is 6.77. The molecule has 2 fully saturated rings. The van der Waals surface area contributed by atoms with Crippen molar-refractivity contribution in [3.63, 3.8) is 0 Å². The molecule has 5 rings (SSSR count). The maximum absolute atomic E-state index is 12.9. The van der Waals surface area contributed by atoms with Crippen LogP contribution in [-0.4, -0.2) is 36.4 Å². The number of ether oxygens (including phenoxy) is 3. The fourth-order valence-electron chi connectivity index (χ4n) is 5.43. The molecule has 0 N–H and O–H groups in total. The van der Waals surface area contributed by atoms with E-state index in [2.05, 4.69) is 13.0 Å². The molecule has 0 radical (unpaired) electrons. The van der Waals surface area contributed by atoms with Crippen LogP contribution in [0.25, 0.3) is 0 Å². The number of carbonyl (C=O) groups is 2. The molecule has 164 valence electrons. The minimum atomic E-state index is -0.659. The standard InChI is InChI=1S/C27H26O5/c1-3-10-19-16(2)15-20-21(19)23-25(32-27(29)18-13-8-5-9-14-18)24(22(20)30-23)31-26(28)17-11-6-4-7-12-17/h3-14,20-25H,15H2,1-2H3/b10-3-/t20?,21?,22?,23?,24-,25?/m1/s1. The van der Waals surface area contributed by atoms with Gasteiger partial charge in [0.2, 0.25) is 0 Å². The van der Waals surface area contributed by atoms with Crippen LogP contribution in [0.3, 0.4) is 0 Å². The van der Waals surface area contributed by atoms with Gasteiger partial charge < -0.3 is 14.2 Å². The third kappa shape index (κ3) is 3.47. The molecule has 0 saturated carbocycles. The van der Waals surface area contributed by atoms with Gasteiger partial charge in [-0.25, -0.2) is 9.59 Å². The second-order valence-corrected chi connectivity index (χ2v) is 8.67. The number of benzene rings is 2. The Morgan fingerprint density at radius 3 is 1.94 bits per heavy atom. The van der Waals surface area contributed by atoms with Crippen LogP contribution in [0, 0.1) is 11.8 Å². The normalized spacial score (nSPS) is 30.6. The van der Waals surface area contributed by atoms with E-state index in [4.69, 9.17) is 14.2 Å². The minimum Gasteiger partial charge on any atom is -0.452 e. The summed E-state index contributed by atoms with van der Waals surface area (Å²) in [5, 5.41) is 0. The average Bonchev–Trinajstić information content (AvgIpc) is 3.45. The molecular weight excluding hydrogens is 404 g/mol. The van der Waals surface area contributed by atoms with Crippen molar-refractivity contribution in [1.82, 2.24) is 0 Å². The highest BCUT2D eigenvalue weighted by atomic mass is 16.6. The lowest BCUT2D eigenvalue weighted by molar-refractivity contribution is -0.0523. The van der Waals surface area contributed by atoms with Crippen LogP contribution in [0.5, 0.6) is 0 Å². The van der Waals surface area contributed by atoms with E-state index in [9.17, 15) is 9.59 Å². The first kappa shape index (κ1) is 20.7. The van der Waals surface area contributed by atoms with Gasteiger partial charge in [-0.15, -0.1) is 0 Å². The Labute approximate surface area is 187 Å². The van der Waals surface area contributed by atoms with Crippen LogP contribution < -0.4 is 0 Å². The molecule has 3 aliphatic rings. The highest BCUT2D eigenvalue weighted by Gasteiger charge is 2.65. The largest absolute Gasteiger partial charge is 0.452 e. The first-order chi connectivity index (χ1) is 15.6. The number of rotatable bonds is 5. The fraction of sp³-hybridized carbons (Fsp3) is 0.333. The van der Waals surface area contributed by atoms with Crippen molar-refractivity contribution in [1.29, 1.82) is 0 Å². The smallest absolute Gasteiger partial charge is 0.338 e. The molecule has 2 bridgehead atoms. The van der Waals surface area contributed by atoms with E-state index in [1.54, 1.807) is 48.5 Å². The number of esters is 2. The predicted molar refractivity (Wildman–Crippen MR) is 119 cm³/mol. The van der Waals surface area contributed by atoms with E-state index in [-0.39, 0.29) is 24.0 Å². The highest BCUT2D eigenvalue weighted by Crippen LogP contribution is 2.55. The molecule has 5 heteroatoms. The molecule has 6 atom stereocenters. The number of hydrogen-bond acceptors (Lipinski definition) is 5. The van der Waals surface area contributed by atoms with Crippen molar-refractivity contribution in [3.05, 3.63) is 95.1 Å². The second-order valence-electron chi connectivity index (χ2n) is 8.67. The van der Waals surface area contributed by atoms with Crippen molar-refractivity contribution in [2.24, 2.45) is 11.8 Å². The van der Waals surface area contributed by atoms with Gasteiger partial charge in [-0.3, -0.25) is 0 Å². The Balaban J connectivity index is 1.44. The summed E-state index contributed by atoms with van der Waals surface area (Å²) < 4.78 is 18.2. The van der Waals surface area contributed by atoms with Crippen LogP contribution in [0.4, 0.5) is 0 Å². The molecule has 0 amide bonds. The number of hydrogen-bond donors (Lipinski definition) is 0. The molecule has 5 nitrogen and oxygen atoms in total. The van der Waals surface area contributed by atoms with Crippen LogP contribution in [-0.2, 0) is 14.2 Å². The number of fused-ring (bicyclic) bond motifs is 5. The molecule has 0 aromatic heterocycles. The van der Waals surface area contributed by atoms with Gasteiger partial charge in [0.15, 0.2) is 12.2 Å². The molecule has 2 aliphatic heterocycles. The topological polar surface area (TPSA) is 61.8 Å². The Morgan fingerprint density at radius 2 is 1.41 bits per heavy atom. The Bertz CT molecular complexity index is 1070. The quantitative estimate of drug-likeness (QED) is 0.641. The average molecular weight is 431 g/mol. The van der Waals surface area contributed by atoms with E-state index in [0.717, 1.165) is 6.42 Å². The van der Waals surface area contributed by atoms with Gasteiger partial charge in [-0.1, -0.05) is 54.1 Å². The first-order valence-corrected chi connectivity index (χ1v) is 11.1. The lowest BCUT2D eigenvalue weighted by Gasteiger charge is -2.34. The molecule has 0 spiro atoms. The molecule has 2 saturated heterocycles. The Kier molecular flexibility index (Phi) is 5.43.